The van der Waals surface area contributed by atoms with Crippen LogP contribution in [0.3, 0.4) is 0 Å². The van der Waals surface area contributed by atoms with Gasteiger partial charge < -0.3 is 0 Å². The second kappa shape index (κ2) is 7.43. The Morgan fingerprint density at radius 2 is 1.68 bits per heavy atom. The first-order valence-corrected chi connectivity index (χ1v) is 7.45. The Kier molecular flexibility index (Phi) is 5.58. The fraction of sp³-hybridized carbons (Fsp3) is 0.250. The molecule has 0 aliphatic rings. The highest BCUT2D eigenvalue weighted by Gasteiger charge is 2.05. The lowest BCUT2D eigenvalue weighted by molar-refractivity contribution is -0.300. The van der Waals surface area contributed by atoms with Crippen molar-refractivity contribution in [3.63, 3.8) is 0 Å². The predicted octanol–water partition coefficient (Wildman–Crippen LogP) is 4.72. The number of alkyl halides is 1. The van der Waals surface area contributed by atoms with Crippen molar-refractivity contribution in [3.05, 3.63) is 59.7 Å². The van der Waals surface area contributed by atoms with Gasteiger partial charge in [0.05, 0.1) is 6.61 Å². The predicted molar refractivity (Wildman–Crippen MR) is 80.9 cm³/mol. The van der Waals surface area contributed by atoms with E-state index in [2.05, 4.69) is 52.3 Å². The van der Waals surface area contributed by atoms with Gasteiger partial charge in [0.1, 0.15) is 6.61 Å². The van der Waals surface area contributed by atoms with E-state index < -0.39 is 0 Å². The third-order valence-electron chi connectivity index (χ3n) is 2.85. The lowest BCUT2D eigenvalue weighted by Crippen LogP contribution is -1.96. The smallest absolute Gasteiger partial charge is 0.108 e. The maximum Gasteiger partial charge on any atom is 0.108 e. The monoisotopic (exact) mass is 320 g/mol. The SMILES string of the molecule is CCOOCc1ccccc1-c1ccc(CBr)cc1. The molecule has 0 N–H and O–H groups in total. The Hall–Kier alpha value is -1.16. The fourth-order valence-electron chi connectivity index (χ4n) is 1.89. The summed E-state index contributed by atoms with van der Waals surface area (Å²) in [6, 6.07) is 16.8. The van der Waals surface area contributed by atoms with E-state index in [-0.39, 0.29) is 0 Å². The molecule has 0 bridgehead atoms. The molecule has 100 valence electrons. The average Bonchev–Trinajstić information content (AvgIpc) is 2.48. The molecule has 0 aromatic heterocycles. The highest BCUT2D eigenvalue weighted by Crippen LogP contribution is 2.25. The lowest BCUT2D eigenvalue weighted by atomic mass is 9.99. The van der Waals surface area contributed by atoms with Crippen molar-refractivity contribution in [2.75, 3.05) is 6.61 Å². The second-order valence-corrected chi connectivity index (χ2v) is 4.72. The molecule has 0 amide bonds. The third-order valence-corrected chi connectivity index (χ3v) is 3.50. The minimum absolute atomic E-state index is 0.463. The van der Waals surface area contributed by atoms with Crippen molar-refractivity contribution in [1.82, 2.24) is 0 Å². The summed E-state index contributed by atoms with van der Waals surface area (Å²) >= 11 is 3.46. The normalized spacial score (nSPS) is 10.6. The van der Waals surface area contributed by atoms with Crippen LogP contribution in [0, 0.1) is 0 Å². The zero-order chi connectivity index (χ0) is 13.5. The van der Waals surface area contributed by atoms with Gasteiger partial charge in [0, 0.05) is 5.33 Å². The van der Waals surface area contributed by atoms with Gasteiger partial charge in [-0.05, 0) is 29.2 Å². The van der Waals surface area contributed by atoms with Gasteiger partial charge in [0.25, 0.3) is 0 Å². The van der Waals surface area contributed by atoms with E-state index >= 15 is 0 Å². The van der Waals surface area contributed by atoms with Gasteiger partial charge >= 0.3 is 0 Å². The summed E-state index contributed by atoms with van der Waals surface area (Å²) in [7, 11) is 0. The molecule has 3 heteroatoms. The van der Waals surface area contributed by atoms with Crippen LogP contribution in [0.4, 0.5) is 0 Å². The van der Waals surface area contributed by atoms with Crippen molar-refractivity contribution in [1.29, 1.82) is 0 Å². The van der Waals surface area contributed by atoms with Gasteiger partial charge in [-0.2, -0.15) is 0 Å². The molecule has 0 spiro atoms. The molecular weight excluding hydrogens is 304 g/mol. The summed E-state index contributed by atoms with van der Waals surface area (Å²) in [6.45, 7) is 2.93. The minimum atomic E-state index is 0.463. The van der Waals surface area contributed by atoms with Gasteiger partial charge in [-0.3, -0.25) is 0 Å². The Morgan fingerprint density at radius 1 is 0.947 bits per heavy atom. The van der Waals surface area contributed by atoms with Crippen LogP contribution in [0.15, 0.2) is 48.5 Å². The molecule has 0 unspecified atom stereocenters. The standard InChI is InChI=1S/C16H17BrO2/c1-2-18-19-12-15-5-3-4-6-16(15)14-9-7-13(11-17)8-10-14/h3-10H,2,11-12H2,1H3. The minimum Gasteiger partial charge on any atom is -0.237 e. The summed E-state index contributed by atoms with van der Waals surface area (Å²) in [5, 5.41) is 0.877. The molecule has 0 fully saturated rings. The topological polar surface area (TPSA) is 18.5 Å². The van der Waals surface area contributed by atoms with Crippen molar-refractivity contribution in [3.8, 4) is 11.1 Å². The Morgan fingerprint density at radius 3 is 2.37 bits per heavy atom. The quantitative estimate of drug-likeness (QED) is 0.332. The number of benzene rings is 2. The van der Waals surface area contributed by atoms with Crippen LogP contribution in [0.5, 0.6) is 0 Å². The highest BCUT2D eigenvalue weighted by molar-refractivity contribution is 9.08. The fourth-order valence-corrected chi connectivity index (χ4v) is 2.26. The van der Waals surface area contributed by atoms with E-state index in [0.717, 1.165) is 10.9 Å². The van der Waals surface area contributed by atoms with E-state index in [1.54, 1.807) is 0 Å². The van der Waals surface area contributed by atoms with E-state index in [9.17, 15) is 0 Å². The zero-order valence-corrected chi connectivity index (χ0v) is 12.5. The van der Waals surface area contributed by atoms with E-state index in [0.29, 0.717) is 13.2 Å². The zero-order valence-electron chi connectivity index (χ0n) is 10.9. The second-order valence-electron chi connectivity index (χ2n) is 4.16. The largest absolute Gasteiger partial charge is 0.237 e. The maximum atomic E-state index is 5.17. The maximum absolute atomic E-state index is 5.17. The molecule has 0 atom stereocenters. The van der Waals surface area contributed by atoms with Gasteiger partial charge in [-0.25, -0.2) is 9.78 Å². The molecule has 2 aromatic carbocycles. The van der Waals surface area contributed by atoms with Crippen LogP contribution in [0.2, 0.25) is 0 Å². The molecule has 2 aromatic rings. The summed E-state index contributed by atoms with van der Waals surface area (Å²) in [5.74, 6) is 0. The molecule has 0 radical (unpaired) electrons. The molecule has 0 aliphatic carbocycles. The van der Waals surface area contributed by atoms with Crippen LogP contribution < -0.4 is 0 Å². The van der Waals surface area contributed by atoms with Gasteiger partial charge in [-0.15, -0.1) is 0 Å². The molecule has 2 rings (SSSR count). The highest BCUT2D eigenvalue weighted by atomic mass is 79.9. The van der Waals surface area contributed by atoms with Gasteiger partial charge in [0.2, 0.25) is 0 Å². The molecular formula is C16H17BrO2. The summed E-state index contributed by atoms with van der Waals surface area (Å²) in [4.78, 5) is 10.1. The van der Waals surface area contributed by atoms with Crippen LogP contribution >= 0.6 is 15.9 Å². The van der Waals surface area contributed by atoms with Gasteiger partial charge in [-0.1, -0.05) is 64.5 Å². The first kappa shape index (κ1) is 14.3. The lowest BCUT2D eigenvalue weighted by Gasteiger charge is -2.10. The van der Waals surface area contributed by atoms with Crippen molar-refractivity contribution in [2.45, 2.75) is 18.9 Å². The number of hydrogen-bond donors (Lipinski definition) is 0. The number of rotatable bonds is 6. The first-order valence-electron chi connectivity index (χ1n) is 6.32. The average molecular weight is 321 g/mol. The van der Waals surface area contributed by atoms with E-state index in [1.165, 1.54) is 16.7 Å². The molecule has 19 heavy (non-hydrogen) atoms. The molecule has 0 heterocycles. The van der Waals surface area contributed by atoms with Crippen LogP contribution in [0.1, 0.15) is 18.1 Å². The van der Waals surface area contributed by atoms with Crippen molar-refractivity contribution >= 4 is 15.9 Å². The van der Waals surface area contributed by atoms with Gasteiger partial charge in [0.15, 0.2) is 0 Å². The van der Waals surface area contributed by atoms with Crippen LogP contribution in [-0.4, -0.2) is 6.61 Å². The summed E-state index contributed by atoms with van der Waals surface area (Å²) < 4.78 is 0. The first-order chi connectivity index (χ1) is 9.35. The number of halogens is 1. The summed E-state index contributed by atoms with van der Waals surface area (Å²) in [5.41, 5.74) is 4.78. The van der Waals surface area contributed by atoms with Crippen LogP contribution in [-0.2, 0) is 21.7 Å². The van der Waals surface area contributed by atoms with Crippen LogP contribution in [0.25, 0.3) is 11.1 Å². The number of hydrogen-bond acceptors (Lipinski definition) is 2. The molecule has 0 saturated carbocycles. The molecule has 2 nitrogen and oxygen atoms in total. The Labute approximate surface area is 122 Å². The summed E-state index contributed by atoms with van der Waals surface area (Å²) in [6.07, 6.45) is 0. The molecule has 0 aliphatic heterocycles. The van der Waals surface area contributed by atoms with E-state index in [1.807, 2.05) is 19.1 Å². The molecule has 0 saturated heterocycles. The Bertz CT molecular complexity index is 508. The van der Waals surface area contributed by atoms with E-state index in [4.69, 9.17) is 9.78 Å². The third kappa shape index (κ3) is 3.90. The van der Waals surface area contributed by atoms with Crippen molar-refractivity contribution < 1.29 is 9.78 Å². The van der Waals surface area contributed by atoms with Crippen molar-refractivity contribution in [2.24, 2.45) is 0 Å². The Balaban J connectivity index is 2.22.